The molecule has 0 amide bonds. The summed E-state index contributed by atoms with van der Waals surface area (Å²) in [6, 6.07) is 4.67. The predicted octanol–water partition coefficient (Wildman–Crippen LogP) is 4.02. The standard InChI is InChI=1S/C12H12F3NO/c1-2-4-8-7-16-11-9(8)5-3-6-10(11)17-12(13,14)15/h3,5-7,16H,2,4H2,1H3. The van der Waals surface area contributed by atoms with E-state index in [2.05, 4.69) is 9.72 Å². The molecule has 0 unspecified atom stereocenters. The molecule has 17 heavy (non-hydrogen) atoms. The number of aromatic nitrogens is 1. The Morgan fingerprint density at radius 2 is 2.06 bits per heavy atom. The lowest BCUT2D eigenvalue weighted by Gasteiger charge is -2.09. The number of aromatic amines is 1. The van der Waals surface area contributed by atoms with E-state index in [0.29, 0.717) is 5.52 Å². The van der Waals surface area contributed by atoms with Crippen molar-refractivity contribution < 1.29 is 17.9 Å². The Labute approximate surface area is 96.4 Å². The second-order valence-corrected chi connectivity index (χ2v) is 3.79. The van der Waals surface area contributed by atoms with Crippen LogP contribution in [0.5, 0.6) is 5.75 Å². The summed E-state index contributed by atoms with van der Waals surface area (Å²) in [6.07, 6.45) is -1.16. The van der Waals surface area contributed by atoms with Crippen LogP contribution in [0.25, 0.3) is 10.9 Å². The van der Waals surface area contributed by atoms with Crippen molar-refractivity contribution in [3.8, 4) is 5.75 Å². The van der Waals surface area contributed by atoms with Gasteiger partial charge < -0.3 is 9.72 Å². The van der Waals surface area contributed by atoms with Gasteiger partial charge in [0, 0.05) is 11.6 Å². The largest absolute Gasteiger partial charge is 0.573 e. The topological polar surface area (TPSA) is 25.0 Å². The summed E-state index contributed by atoms with van der Waals surface area (Å²) < 4.78 is 40.5. The van der Waals surface area contributed by atoms with Gasteiger partial charge in [-0.3, -0.25) is 0 Å². The van der Waals surface area contributed by atoms with Crippen molar-refractivity contribution in [1.29, 1.82) is 0 Å². The number of rotatable bonds is 3. The smallest absolute Gasteiger partial charge is 0.404 e. The summed E-state index contributed by atoms with van der Waals surface area (Å²) in [7, 11) is 0. The molecule has 1 heterocycles. The van der Waals surface area contributed by atoms with Crippen molar-refractivity contribution >= 4 is 10.9 Å². The normalized spacial score (nSPS) is 12.0. The highest BCUT2D eigenvalue weighted by Gasteiger charge is 2.32. The molecule has 2 rings (SSSR count). The number of aryl methyl sites for hydroxylation is 1. The quantitative estimate of drug-likeness (QED) is 0.865. The molecule has 0 radical (unpaired) electrons. The minimum absolute atomic E-state index is 0.183. The number of benzene rings is 1. The SMILES string of the molecule is CCCc1c[nH]c2c(OC(F)(F)F)cccc12. The zero-order chi connectivity index (χ0) is 12.5. The van der Waals surface area contributed by atoms with E-state index < -0.39 is 6.36 Å². The van der Waals surface area contributed by atoms with E-state index in [-0.39, 0.29) is 5.75 Å². The molecule has 0 aliphatic carbocycles. The zero-order valence-corrected chi connectivity index (χ0v) is 9.27. The Balaban J connectivity index is 2.44. The van der Waals surface area contributed by atoms with Crippen LogP contribution in [0.4, 0.5) is 13.2 Å². The number of alkyl halides is 3. The van der Waals surface area contributed by atoms with Gasteiger partial charge in [-0.05, 0) is 18.1 Å². The number of fused-ring (bicyclic) bond motifs is 1. The Morgan fingerprint density at radius 3 is 2.71 bits per heavy atom. The molecule has 0 spiro atoms. The number of H-pyrrole nitrogens is 1. The van der Waals surface area contributed by atoms with Crippen molar-refractivity contribution in [3.63, 3.8) is 0 Å². The molecule has 1 N–H and O–H groups in total. The highest BCUT2D eigenvalue weighted by molar-refractivity contribution is 5.88. The van der Waals surface area contributed by atoms with E-state index in [0.717, 1.165) is 23.8 Å². The average Bonchev–Trinajstić information content (AvgIpc) is 2.61. The van der Waals surface area contributed by atoms with E-state index in [1.807, 2.05) is 6.92 Å². The predicted molar refractivity (Wildman–Crippen MR) is 59.0 cm³/mol. The third-order valence-corrected chi connectivity index (χ3v) is 2.51. The third-order valence-electron chi connectivity index (χ3n) is 2.51. The van der Waals surface area contributed by atoms with Gasteiger partial charge in [-0.15, -0.1) is 13.2 Å². The number of hydrogen-bond acceptors (Lipinski definition) is 1. The molecular weight excluding hydrogens is 231 g/mol. The summed E-state index contributed by atoms with van der Waals surface area (Å²) in [6.45, 7) is 2.02. The van der Waals surface area contributed by atoms with Crippen molar-refractivity contribution in [2.75, 3.05) is 0 Å². The fourth-order valence-electron chi connectivity index (χ4n) is 1.87. The van der Waals surface area contributed by atoms with Crippen LogP contribution in [0.2, 0.25) is 0 Å². The number of para-hydroxylation sites is 1. The van der Waals surface area contributed by atoms with E-state index in [9.17, 15) is 13.2 Å². The molecule has 0 saturated heterocycles. The van der Waals surface area contributed by atoms with Crippen LogP contribution in [0.1, 0.15) is 18.9 Å². The Bertz CT molecular complexity index is 516. The lowest BCUT2D eigenvalue weighted by Crippen LogP contribution is -2.17. The van der Waals surface area contributed by atoms with Gasteiger partial charge in [-0.25, -0.2) is 0 Å². The molecule has 0 aliphatic heterocycles. The van der Waals surface area contributed by atoms with Crippen molar-refractivity contribution in [2.45, 2.75) is 26.1 Å². The third kappa shape index (κ3) is 2.54. The van der Waals surface area contributed by atoms with Crippen LogP contribution < -0.4 is 4.74 Å². The maximum atomic E-state index is 12.2. The first-order valence-corrected chi connectivity index (χ1v) is 5.36. The zero-order valence-electron chi connectivity index (χ0n) is 9.27. The first-order valence-electron chi connectivity index (χ1n) is 5.36. The fourth-order valence-corrected chi connectivity index (χ4v) is 1.87. The van der Waals surface area contributed by atoms with Crippen LogP contribution in [0, 0.1) is 0 Å². The maximum absolute atomic E-state index is 12.2. The van der Waals surface area contributed by atoms with Crippen LogP contribution in [0.3, 0.4) is 0 Å². The molecule has 0 fully saturated rings. The molecule has 2 aromatic rings. The molecule has 2 nitrogen and oxygen atoms in total. The number of ether oxygens (including phenoxy) is 1. The van der Waals surface area contributed by atoms with Gasteiger partial charge >= 0.3 is 6.36 Å². The van der Waals surface area contributed by atoms with Gasteiger partial charge in [0.25, 0.3) is 0 Å². The number of nitrogens with one attached hydrogen (secondary N) is 1. The average molecular weight is 243 g/mol. The summed E-state index contributed by atoms with van der Waals surface area (Å²) in [5.74, 6) is -0.183. The van der Waals surface area contributed by atoms with Gasteiger partial charge in [0.1, 0.15) is 0 Å². The molecule has 0 atom stereocenters. The maximum Gasteiger partial charge on any atom is 0.573 e. The van der Waals surface area contributed by atoms with Crippen LogP contribution in [0.15, 0.2) is 24.4 Å². The molecule has 0 saturated carbocycles. The summed E-state index contributed by atoms with van der Waals surface area (Å²) >= 11 is 0. The van der Waals surface area contributed by atoms with Crippen molar-refractivity contribution in [1.82, 2.24) is 4.98 Å². The lowest BCUT2D eigenvalue weighted by atomic mass is 10.1. The van der Waals surface area contributed by atoms with E-state index >= 15 is 0 Å². The lowest BCUT2D eigenvalue weighted by molar-refractivity contribution is -0.274. The number of hydrogen-bond donors (Lipinski definition) is 1. The summed E-state index contributed by atoms with van der Waals surface area (Å²) in [4.78, 5) is 2.84. The second kappa shape index (κ2) is 4.31. The Hall–Kier alpha value is -1.65. The van der Waals surface area contributed by atoms with Gasteiger partial charge in [-0.2, -0.15) is 0 Å². The van der Waals surface area contributed by atoms with E-state index in [4.69, 9.17) is 0 Å². The Morgan fingerprint density at radius 1 is 1.29 bits per heavy atom. The molecular formula is C12H12F3NO. The molecule has 92 valence electrons. The minimum Gasteiger partial charge on any atom is -0.404 e. The van der Waals surface area contributed by atoms with Crippen molar-refractivity contribution in [3.05, 3.63) is 30.0 Å². The van der Waals surface area contributed by atoms with Crippen LogP contribution in [-0.4, -0.2) is 11.3 Å². The minimum atomic E-state index is -4.66. The van der Waals surface area contributed by atoms with Gasteiger partial charge in [-0.1, -0.05) is 25.5 Å². The van der Waals surface area contributed by atoms with E-state index in [1.54, 1.807) is 18.3 Å². The number of halogens is 3. The van der Waals surface area contributed by atoms with Crippen molar-refractivity contribution in [2.24, 2.45) is 0 Å². The fraction of sp³-hybridized carbons (Fsp3) is 0.333. The monoisotopic (exact) mass is 243 g/mol. The van der Waals surface area contributed by atoms with Gasteiger partial charge in [0.15, 0.2) is 5.75 Å². The molecule has 1 aromatic carbocycles. The molecule has 5 heteroatoms. The Kier molecular flexibility index (Phi) is 3.00. The highest BCUT2D eigenvalue weighted by Crippen LogP contribution is 2.31. The first kappa shape index (κ1) is 11.8. The van der Waals surface area contributed by atoms with Gasteiger partial charge in [0.2, 0.25) is 0 Å². The molecule has 1 aromatic heterocycles. The van der Waals surface area contributed by atoms with Crippen LogP contribution in [-0.2, 0) is 6.42 Å². The summed E-state index contributed by atoms with van der Waals surface area (Å²) in [5, 5.41) is 0.786. The highest BCUT2D eigenvalue weighted by atomic mass is 19.4. The first-order chi connectivity index (χ1) is 8.01. The molecule has 0 bridgehead atoms. The van der Waals surface area contributed by atoms with E-state index in [1.165, 1.54) is 6.07 Å². The molecule has 0 aliphatic rings. The second-order valence-electron chi connectivity index (χ2n) is 3.79. The van der Waals surface area contributed by atoms with Crippen LogP contribution >= 0.6 is 0 Å². The van der Waals surface area contributed by atoms with Gasteiger partial charge in [0.05, 0.1) is 5.52 Å². The summed E-state index contributed by atoms with van der Waals surface area (Å²) in [5.41, 5.74) is 1.41.